The summed E-state index contributed by atoms with van der Waals surface area (Å²) in [5, 5.41) is 7.16. The van der Waals surface area contributed by atoms with Crippen molar-refractivity contribution in [2.45, 2.75) is 57.5 Å². The van der Waals surface area contributed by atoms with Gasteiger partial charge in [0.2, 0.25) is 0 Å². The van der Waals surface area contributed by atoms with Crippen molar-refractivity contribution >= 4 is 11.5 Å². The zero-order valence-corrected chi connectivity index (χ0v) is 15.2. The molecule has 3 atom stereocenters. The Morgan fingerprint density at radius 2 is 1.88 bits per heavy atom. The Labute approximate surface area is 146 Å². The van der Waals surface area contributed by atoms with Crippen LogP contribution in [-0.4, -0.2) is 37.2 Å². The summed E-state index contributed by atoms with van der Waals surface area (Å²) in [7, 11) is 2.06. The lowest BCUT2D eigenvalue weighted by Crippen LogP contribution is -2.36. The predicted molar refractivity (Wildman–Crippen MR) is 101 cm³/mol. The van der Waals surface area contributed by atoms with Gasteiger partial charge in [0, 0.05) is 43.1 Å². The molecule has 4 rings (SSSR count). The molecule has 2 heterocycles. The van der Waals surface area contributed by atoms with E-state index in [1.165, 1.54) is 44.2 Å². The summed E-state index contributed by atoms with van der Waals surface area (Å²) in [4.78, 5) is 7.08. The van der Waals surface area contributed by atoms with E-state index in [1.54, 1.807) is 0 Å². The highest BCUT2D eigenvalue weighted by atomic mass is 15.2. The van der Waals surface area contributed by atoms with Crippen LogP contribution in [0.2, 0.25) is 0 Å². The van der Waals surface area contributed by atoms with Crippen LogP contribution in [0.15, 0.2) is 18.3 Å². The van der Waals surface area contributed by atoms with Crippen LogP contribution in [0.25, 0.3) is 0 Å². The Morgan fingerprint density at radius 3 is 2.58 bits per heavy atom. The van der Waals surface area contributed by atoms with Crippen LogP contribution < -0.4 is 15.5 Å². The number of hydrogen-bond acceptors (Lipinski definition) is 4. The monoisotopic (exact) mass is 328 g/mol. The second-order valence-electron chi connectivity index (χ2n) is 8.48. The lowest BCUT2D eigenvalue weighted by molar-refractivity contribution is 0.137. The molecule has 0 radical (unpaired) electrons. The first-order chi connectivity index (χ1) is 11.7. The van der Waals surface area contributed by atoms with Crippen LogP contribution >= 0.6 is 0 Å². The molecular weight excluding hydrogens is 296 g/mol. The number of pyridine rings is 1. The van der Waals surface area contributed by atoms with Crippen molar-refractivity contribution in [2.75, 3.05) is 30.4 Å². The topological polar surface area (TPSA) is 40.2 Å². The maximum absolute atomic E-state index is 4.60. The molecule has 1 aliphatic heterocycles. The van der Waals surface area contributed by atoms with Gasteiger partial charge in [-0.1, -0.05) is 6.92 Å². The van der Waals surface area contributed by atoms with E-state index in [1.807, 2.05) is 6.20 Å². The quantitative estimate of drug-likeness (QED) is 0.887. The van der Waals surface area contributed by atoms with Gasteiger partial charge in [-0.05, 0) is 69.4 Å². The molecule has 1 aromatic rings. The number of anilines is 2. The maximum Gasteiger partial charge on any atom is 0.128 e. The highest BCUT2D eigenvalue weighted by molar-refractivity contribution is 5.55. The molecule has 0 amide bonds. The van der Waals surface area contributed by atoms with E-state index >= 15 is 0 Å². The zero-order valence-electron chi connectivity index (χ0n) is 15.2. The molecule has 2 unspecified atom stereocenters. The summed E-state index contributed by atoms with van der Waals surface area (Å²) in [6.45, 7) is 4.68. The largest absolute Gasteiger partial charge is 0.370 e. The van der Waals surface area contributed by atoms with Crippen LogP contribution in [0, 0.1) is 17.8 Å². The van der Waals surface area contributed by atoms with Crippen molar-refractivity contribution in [3.05, 3.63) is 18.3 Å². The Hall–Kier alpha value is -1.29. The van der Waals surface area contributed by atoms with Gasteiger partial charge in [-0.2, -0.15) is 0 Å². The minimum absolute atomic E-state index is 0.618. The average Bonchev–Trinajstić information content (AvgIpc) is 3.03. The predicted octanol–water partition coefficient (Wildman–Crippen LogP) is 3.51. The van der Waals surface area contributed by atoms with Crippen molar-refractivity contribution in [1.82, 2.24) is 10.3 Å². The van der Waals surface area contributed by atoms with E-state index < -0.39 is 0 Å². The third-order valence-electron chi connectivity index (χ3n) is 6.43. The van der Waals surface area contributed by atoms with Crippen molar-refractivity contribution in [1.29, 1.82) is 0 Å². The highest BCUT2D eigenvalue weighted by Gasteiger charge is 2.34. The molecule has 3 fully saturated rings. The molecule has 2 N–H and O–H groups in total. The van der Waals surface area contributed by atoms with Crippen molar-refractivity contribution < 1.29 is 0 Å². The molecule has 2 saturated carbocycles. The van der Waals surface area contributed by atoms with Gasteiger partial charge < -0.3 is 15.5 Å². The molecule has 1 saturated heterocycles. The fourth-order valence-electron chi connectivity index (χ4n) is 5.44. The molecular formula is C20H32N4. The fraction of sp³-hybridized carbons (Fsp3) is 0.750. The minimum Gasteiger partial charge on any atom is -0.370 e. The number of nitrogens with one attached hydrogen (secondary N) is 2. The summed E-state index contributed by atoms with van der Waals surface area (Å²) in [6.07, 6.45) is 10.2. The van der Waals surface area contributed by atoms with Gasteiger partial charge >= 0.3 is 0 Å². The van der Waals surface area contributed by atoms with Gasteiger partial charge in [-0.3, -0.25) is 0 Å². The Kier molecular flexibility index (Phi) is 4.66. The summed E-state index contributed by atoms with van der Waals surface area (Å²) in [5.41, 5.74) is 1.31. The van der Waals surface area contributed by atoms with Crippen LogP contribution in [0.5, 0.6) is 0 Å². The van der Waals surface area contributed by atoms with Crippen LogP contribution in [0.4, 0.5) is 11.5 Å². The standard InChI is InChI=1S/C20H32N4/c1-14-7-15-9-16(8-14)11-18(10-15)23-20-12-19(3-5-22-20)24-6-4-17(13-24)21-2/h3,5,12,14-18,21H,4,6-11,13H2,1-2H3,(H,22,23)/t14?,15?,16?,17-,18?/m1/s1. The van der Waals surface area contributed by atoms with Crippen LogP contribution in [0.3, 0.4) is 0 Å². The van der Waals surface area contributed by atoms with E-state index in [0.29, 0.717) is 12.1 Å². The number of fused-ring (bicyclic) bond motifs is 2. The van der Waals surface area contributed by atoms with Gasteiger partial charge in [0.05, 0.1) is 0 Å². The highest BCUT2D eigenvalue weighted by Crippen LogP contribution is 2.43. The second-order valence-corrected chi connectivity index (χ2v) is 8.48. The van der Waals surface area contributed by atoms with Gasteiger partial charge in [0.1, 0.15) is 5.82 Å². The molecule has 1 aromatic heterocycles. The molecule has 132 valence electrons. The molecule has 2 bridgehead atoms. The van der Waals surface area contributed by atoms with Gasteiger partial charge in [-0.25, -0.2) is 4.98 Å². The maximum atomic E-state index is 4.60. The average molecular weight is 329 g/mol. The Morgan fingerprint density at radius 1 is 1.08 bits per heavy atom. The van der Waals surface area contributed by atoms with Crippen LogP contribution in [0.1, 0.15) is 45.4 Å². The normalized spacial score (nSPS) is 35.9. The molecule has 4 nitrogen and oxygen atoms in total. The molecule has 3 aliphatic rings. The van der Waals surface area contributed by atoms with Gasteiger partial charge in [0.15, 0.2) is 0 Å². The molecule has 0 spiro atoms. The zero-order chi connectivity index (χ0) is 16.5. The number of likely N-dealkylation sites (N-methyl/N-ethyl adjacent to an activating group) is 1. The third-order valence-corrected chi connectivity index (χ3v) is 6.43. The number of aromatic nitrogens is 1. The Balaban J connectivity index is 1.39. The Bertz CT molecular complexity index is 542. The van der Waals surface area contributed by atoms with Gasteiger partial charge in [0.25, 0.3) is 0 Å². The third kappa shape index (κ3) is 3.53. The first-order valence-corrected chi connectivity index (χ1v) is 9.84. The van der Waals surface area contributed by atoms with Gasteiger partial charge in [-0.15, -0.1) is 0 Å². The number of rotatable bonds is 4. The summed E-state index contributed by atoms with van der Waals surface area (Å²) >= 11 is 0. The first kappa shape index (κ1) is 16.2. The van der Waals surface area contributed by atoms with Crippen molar-refractivity contribution in [3.63, 3.8) is 0 Å². The van der Waals surface area contributed by atoms with E-state index in [9.17, 15) is 0 Å². The molecule has 2 aliphatic carbocycles. The van der Waals surface area contributed by atoms with E-state index in [2.05, 4.69) is 46.6 Å². The smallest absolute Gasteiger partial charge is 0.128 e. The number of nitrogens with zero attached hydrogens (tertiary/aromatic N) is 2. The lowest BCUT2D eigenvalue weighted by Gasteiger charge is -2.42. The SMILES string of the molecule is CN[C@@H]1CCN(c2ccnc(NC3CC4CC(C)CC(C4)C3)c2)C1. The summed E-state index contributed by atoms with van der Waals surface area (Å²) in [6, 6.07) is 5.65. The molecule has 4 heteroatoms. The molecule has 24 heavy (non-hydrogen) atoms. The molecule has 0 aromatic carbocycles. The van der Waals surface area contributed by atoms with Crippen molar-refractivity contribution in [2.24, 2.45) is 17.8 Å². The second kappa shape index (κ2) is 6.91. The lowest BCUT2D eigenvalue weighted by atomic mass is 9.67. The van der Waals surface area contributed by atoms with E-state index in [-0.39, 0.29) is 0 Å². The summed E-state index contributed by atoms with van der Waals surface area (Å²) in [5.74, 6) is 3.87. The number of hydrogen-bond donors (Lipinski definition) is 2. The van der Waals surface area contributed by atoms with Crippen LogP contribution in [-0.2, 0) is 0 Å². The van der Waals surface area contributed by atoms with E-state index in [4.69, 9.17) is 0 Å². The first-order valence-electron chi connectivity index (χ1n) is 9.84. The van der Waals surface area contributed by atoms with Crippen molar-refractivity contribution in [3.8, 4) is 0 Å². The summed E-state index contributed by atoms with van der Waals surface area (Å²) < 4.78 is 0. The minimum atomic E-state index is 0.618. The van der Waals surface area contributed by atoms with E-state index in [0.717, 1.165) is 36.7 Å². The fourth-order valence-corrected chi connectivity index (χ4v) is 5.44.